The summed E-state index contributed by atoms with van der Waals surface area (Å²) in [5.74, 6) is 0.447. The second kappa shape index (κ2) is 7.79. The highest BCUT2D eigenvalue weighted by atomic mass is 32.1. The van der Waals surface area contributed by atoms with Crippen molar-refractivity contribution >= 4 is 34.1 Å². The molecule has 8 nitrogen and oxygen atoms in total. The van der Waals surface area contributed by atoms with Gasteiger partial charge in [0, 0.05) is 18.5 Å². The maximum atomic E-state index is 12.4. The van der Waals surface area contributed by atoms with Crippen LogP contribution >= 0.6 is 12.2 Å². The van der Waals surface area contributed by atoms with Crippen LogP contribution < -0.4 is 26.6 Å². The Kier molecular flexibility index (Phi) is 5.48. The lowest BCUT2D eigenvalue weighted by Gasteiger charge is -2.13. The van der Waals surface area contributed by atoms with E-state index >= 15 is 0 Å². The summed E-state index contributed by atoms with van der Waals surface area (Å²) in [7, 11) is 4.10. The Morgan fingerprint density at radius 1 is 1.35 bits per heavy atom. The highest BCUT2D eigenvalue weighted by molar-refractivity contribution is 7.80. The van der Waals surface area contributed by atoms with Gasteiger partial charge in [0.1, 0.15) is 5.82 Å². The van der Waals surface area contributed by atoms with E-state index in [0.29, 0.717) is 34.7 Å². The first-order chi connectivity index (χ1) is 12.5. The zero-order valence-electron chi connectivity index (χ0n) is 14.9. The van der Waals surface area contributed by atoms with Crippen molar-refractivity contribution in [2.75, 3.05) is 27.2 Å². The first-order valence-electron chi connectivity index (χ1n) is 8.62. The highest BCUT2D eigenvalue weighted by Crippen LogP contribution is 2.16. The minimum Gasteiger partial charge on any atom is -0.356 e. The van der Waals surface area contributed by atoms with Crippen LogP contribution in [0.15, 0.2) is 23.0 Å². The van der Waals surface area contributed by atoms with Gasteiger partial charge in [0.15, 0.2) is 5.11 Å². The number of fused-ring (bicyclic) bond motifs is 2. The summed E-state index contributed by atoms with van der Waals surface area (Å²) in [4.78, 5) is 30.6. The second-order valence-corrected chi connectivity index (χ2v) is 7.02. The van der Waals surface area contributed by atoms with Crippen LogP contribution in [0.4, 0.5) is 0 Å². The Morgan fingerprint density at radius 3 is 2.92 bits per heavy atom. The molecule has 0 spiro atoms. The van der Waals surface area contributed by atoms with Crippen LogP contribution in [0.2, 0.25) is 0 Å². The van der Waals surface area contributed by atoms with Crippen molar-refractivity contribution in [3.63, 3.8) is 0 Å². The molecular formula is C17H23N6O2S+. The Labute approximate surface area is 156 Å². The summed E-state index contributed by atoms with van der Waals surface area (Å²) in [6.45, 7) is 2.33. The zero-order valence-corrected chi connectivity index (χ0v) is 15.7. The van der Waals surface area contributed by atoms with Gasteiger partial charge in [-0.1, -0.05) is 0 Å². The topological polar surface area (TPSA) is 92.5 Å². The molecule has 0 radical (unpaired) electrons. The van der Waals surface area contributed by atoms with Crippen LogP contribution in [-0.4, -0.2) is 47.8 Å². The molecule has 26 heavy (non-hydrogen) atoms. The average molecular weight is 375 g/mol. The van der Waals surface area contributed by atoms with E-state index in [-0.39, 0.29) is 11.5 Å². The Balaban J connectivity index is 1.66. The van der Waals surface area contributed by atoms with Gasteiger partial charge in [-0.05, 0) is 36.8 Å². The van der Waals surface area contributed by atoms with E-state index in [1.807, 2.05) is 0 Å². The molecule has 0 bridgehead atoms. The van der Waals surface area contributed by atoms with Gasteiger partial charge >= 0.3 is 0 Å². The number of rotatable bonds is 4. The number of aryl methyl sites for hydroxylation is 1. The number of nitrogens with zero attached hydrogens (tertiary/aromatic N) is 2. The molecule has 2 heterocycles. The highest BCUT2D eigenvalue weighted by Gasteiger charge is 2.17. The number of thiocarbonyl (C=S) groups is 1. The molecule has 2 aromatic rings. The fraction of sp³-hybridized carbons (Fsp3) is 0.412. The first-order valence-corrected chi connectivity index (χ1v) is 9.03. The fourth-order valence-corrected chi connectivity index (χ4v) is 3.03. The third kappa shape index (κ3) is 4.00. The Hall–Kier alpha value is -2.52. The molecule has 0 aliphatic carbocycles. The van der Waals surface area contributed by atoms with Crippen molar-refractivity contribution < 1.29 is 9.69 Å². The first kappa shape index (κ1) is 18.3. The molecule has 0 atom stereocenters. The molecular weight excluding hydrogens is 352 g/mol. The summed E-state index contributed by atoms with van der Waals surface area (Å²) >= 11 is 5.12. The summed E-state index contributed by atoms with van der Waals surface area (Å²) in [5.41, 5.74) is 6.16. The molecule has 0 saturated carbocycles. The third-order valence-corrected chi connectivity index (χ3v) is 4.53. The number of hydrazine groups is 1. The molecule has 0 saturated heterocycles. The summed E-state index contributed by atoms with van der Waals surface area (Å²) in [5, 5.41) is 3.90. The number of benzene rings is 1. The Morgan fingerprint density at radius 2 is 2.15 bits per heavy atom. The van der Waals surface area contributed by atoms with Crippen LogP contribution in [0.25, 0.3) is 10.9 Å². The zero-order chi connectivity index (χ0) is 18.7. The number of hydrogen-bond donors (Lipinski definition) is 4. The second-order valence-electron chi connectivity index (χ2n) is 6.61. The largest absolute Gasteiger partial charge is 0.356 e. The molecule has 138 valence electrons. The van der Waals surface area contributed by atoms with Crippen molar-refractivity contribution in [1.29, 1.82) is 0 Å². The predicted molar refractivity (Wildman–Crippen MR) is 103 cm³/mol. The van der Waals surface area contributed by atoms with Crippen LogP contribution in [0.1, 0.15) is 22.6 Å². The molecule has 0 fully saturated rings. The molecule has 1 aromatic carbocycles. The minimum absolute atomic E-state index is 0.0408. The molecule has 9 heteroatoms. The molecule has 1 aliphatic rings. The number of amides is 1. The quantitative estimate of drug-likeness (QED) is 0.388. The van der Waals surface area contributed by atoms with Gasteiger partial charge in [0.25, 0.3) is 11.5 Å². The van der Waals surface area contributed by atoms with E-state index in [2.05, 4.69) is 35.2 Å². The fourth-order valence-electron chi connectivity index (χ4n) is 2.88. The van der Waals surface area contributed by atoms with Crippen molar-refractivity contribution in [3.8, 4) is 0 Å². The Bertz CT molecular complexity index is 908. The van der Waals surface area contributed by atoms with Crippen LogP contribution in [0, 0.1) is 0 Å². The smallest absolute Gasteiger partial charge is 0.269 e. The van der Waals surface area contributed by atoms with Crippen LogP contribution in [-0.2, 0) is 13.0 Å². The summed E-state index contributed by atoms with van der Waals surface area (Å²) in [6, 6.07) is 4.91. The monoisotopic (exact) mass is 375 g/mol. The average Bonchev–Trinajstić information content (AvgIpc) is 3.07. The molecule has 3 rings (SSSR count). The third-order valence-electron chi connectivity index (χ3n) is 4.28. The number of likely N-dealkylation sites (N-methyl/N-ethyl adjacent to an activating group) is 1. The maximum Gasteiger partial charge on any atom is 0.269 e. The van der Waals surface area contributed by atoms with Gasteiger partial charge in [-0.25, -0.2) is 4.98 Å². The van der Waals surface area contributed by atoms with E-state index in [4.69, 9.17) is 12.2 Å². The number of nitrogens with one attached hydrogen (secondary N) is 4. The van der Waals surface area contributed by atoms with Crippen LogP contribution in [0.3, 0.4) is 0 Å². The number of aromatic nitrogens is 2. The van der Waals surface area contributed by atoms with E-state index in [9.17, 15) is 9.59 Å². The van der Waals surface area contributed by atoms with Gasteiger partial charge < -0.3 is 10.2 Å². The van der Waals surface area contributed by atoms with Crippen molar-refractivity contribution in [2.45, 2.75) is 19.4 Å². The van der Waals surface area contributed by atoms with E-state index in [0.717, 1.165) is 25.2 Å². The van der Waals surface area contributed by atoms with Gasteiger partial charge in [0.05, 0.1) is 38.1 Å². The van der Waals surface area contributed by atoms with E-state index in [1.165, 1.54) is 4.90 Å². The lowest BCUT2D eigenvalue weighted by molar-refractivity contribution is -0.856. The van der Waals surface area contributed by atoms with E-state index < -0.39 is 0 Å². The summed E-state index contributed by atoms with van der Waals surface area (Å²) < 4.78 is 1.71. The predicted octanol–water partition coefficient (Wildman–Crippen LogP) is -1.40. The van der Waals surface area contributed by atoms with Gasteiger partial charge in [0.2, 0.25) is 0 Å². The van der Waals surface area contributed by atoms with Crippen molar-refractivity contribution in [1.82, 2.24) is 25.7 Å². The number of hydrogen-bond acceptors (Lipinski definition) is 4. The normalized spacial score (nSPS) is 12.9. The molecule has 1 aromatic heterocycles. The lowest BCUT2D eigenvalue weighted by Crippen LogP contribution is -3.06. The number of carbonyl (C=O) groups is 1. The minimum atomic E-state index is -0.336. The molecule has 1 amide bonds. The van der Waals surface area contributed by atoms with Crippen molar-refractivity contribution in [3.05, 3.63) is 39.9 Å². The summed E-state index contributed by atoms with van der Waals surface area (Å²) in [6.07, 6.45) is 1.72. The lowest BCUT2D eigenvalue weighted by atomic mass is 10.1. The van der Waals surface area contributed by atoms with E-state index in [1.54, 1.807) is 22.8 Å². The molecule has 4 N–H and O–H groups in total. The van der Waals surface area contributed by atoms with Crippen molar-refractivity contribution in [2.24, 2.45) is 0 Å². The molecule has 1 aliphatic heterocycles. The SMILES string of the molecule is C[NH+](C)CCNC(=S)NNC(=O)c1ccc2c(=O)n3c(nc2c1)CCC3. The van der Waals surface area contributed by atoms with Gasteiger partial charge in [-0.2, -0.15) is 0 Å². The number of quaternary nitrogens is 1. The standard InChI is InChI=1S/C17H22N6O2S/c1-22(2)9-7-18-17(26)21-20-15(24)11-5-6-12-13(10-11)19-14-4-3-8-23(14)16(12)25/h5-6,10H,3-4,7-9H2,1-2H3,(H,20,24)(H2,18,21,26)/p+1. The number of carbonyl (C=O) groups excluding carboxylic acids is 1. The molecule has 0 unspecified atom stereocenters. The van der Waals surface area contributed by atoms with Gasteiger partial charge in [-0.15, -0.1) is 0 Å². The maximum absolute atomic E-state index is 12.4. The van der Waals surface area contributed by atoms with Gasteiger partial charge in [-0.3, -0.25) is 25.0 Å². The van der Waals surface area contributed by atoms with Crippen LogP contribution in [0.5, 0.6) is 0 Å².